The summed E-state index contributed by atoms with van der Waals surface area (Å²) in [5, 5.41) is 1.39. The monoisotopic (exact) mass is 360 g/mol. The van der Waals surface area contributed by atoms with E-state index >= 15 is 0 Å². The number of hydrogen-bond donors (Lipinski definition) is 1. The summed E-state index contributed by atoms with van der Waals surface area (Å²) >= 11 is 7.56. The van der Waals surface area contributed by atoms with Gasteiger partial charge in [0.15, 0.2) is 5.13 Å². The predicted octanol–water partition coefficient (Wildman–Crippen LogP) is 2.74. The molecule has 0 unspecified atom stereocenters. The minimum Gasteiger partial charge on any atom is -0.338 e. The van der Waals surface area contributed by atoms with Crippen molar-refractivity contribution in [2.75, 3.05) is 32.1 Å². The Morgan fingerprint density at radius 1 is 1.21 bits per heavy atom. The fraction of sp³-hybridized carbons (Fsp3) is 0.222. The topological polar surface area (TPSA) is 37.6 Å². The number of anilines is 1. The molecule has 0 bridgehead atoms. The number of benzene rings is 2. The van der Waals surface area contributed by atoms with Gasteiger partial charge in [-0.3, -0.25) is 9.69 Å². The van der Waals surface area contributed by atoms with Crippen molar-refractivity contribution in [3.63, 3.8) is 0 Å². The average molecular weight is 361 g/mol. The first-order chi connectivity index (χ1) is 11.5. The summed E-state index contributed by atoms with van der Waals surface area (Å²) in [6.07, 6.45) is 0. The molecule has 124 valence electrons. The highest BCUT2D eigenvalue weighted by Crippen LogP contribution is 2.31. The van der Waals surface area contributed by atoms with Crippen LogP contribution in [0.1, 0.15) is 10.4 Å². The molecule has 3 aromatic rings. The number of fused-ring (bicyclic) bond motifs is 1. The summed E-state index contributed by atoms with van der Waals surface area (Å²) in [4.78, 5) is 20.6. The lowest BCUT2D eigenvalue weighted by atomic mass is 10.2. The van der Waals surface area contributed by atoms with E-state index in [2.05, 4.69) is 19.1 Å². The Hall–Kier alpha value is -1.95. The molecule has 0 aliphatic rings. The maximum Gasteiger partial charge on any atom is 0.260 e. The van der Waals surface area contributed by atoms with Crippen LogP contribution in [0, 0.1) is 0 Å². The number of amides is 1. The fourth-order valence-electron chi connectivity index (χ4n) is 2.36. The van der Waals surface area contributed by atoms with Crippen LogP contribution in [0.3, 0.4) is 0 Å². The van der Waals surface area contributed by atoms with Crippen molar-refractivity contribution in [3.05, 3.63) is 59.1 Å². The van der Waals surface area contributed by atoms with Gasteiger partial charge < -0.3 is 4.90 Å². The van der Waals surface area contributed by atoms with E-state index in [0.717, 1.165) is 16.8 Å². The number of halogens is 1. The van der Waals surface area contributed by atoms with Crippen molar-refractivity contribution >= 4 is 44.2 Å². The second kappa shape index (κ2) is 7.30. The molecule has 1 heterocycles. The van der Waals surface area contributed by atoms with Gasteiger partial charge in [0.1, 0.15) is 0 Å². The van der Waals surface area contributed by atoms with Gasteiger partial charge in [0.2, 0.25) is 0 Å². The van der Waals surface area contributed by atoms with Gasteiger partial charge in [-0.15, -0.1) is 0 Å². The average Bonchev–Trinajstić information content (AvgIpc) is 2.98. The molecule has 0 saturated heterocycles. The van der Waals surface area contributed by atoms with Gasteiger partial charge in [0.25, 0.3) is 5.91 Å². The molecule has 1 aromatic heterocycles. The molecular formula is C18H19ClN3OS+. The van der Waals surface area contributed by atoms with Gasteiger partial charge in [0.05, 0.1) is 37.4 Å². The fourth-order valence-corrected chi connectivity index (χ4v) is 3.62. The van der Waals surface area contributed by atoms with Crippen molar-refractivity contribution < 1.29 is 9.69 Å². The van der Waals surface area contributed by atoms with Crippen molar-refractivity contribution in [2.45, 2.75) is 0 Å². The highest BCUT2D eigenvalue weighted by Gasteiger charge is 2.22. The van der Waals surface area contributed by atoms with Crippen LogP contribution in [-0.2, 0) is 0 Å². The second-order valence-corrected chi connectivity index (χ2v) is 7.33. The number of aromatic nitrogens is 1. The van der Waals surface area contributed by atoms with Gasteiger partial charge in [-0.1, -0.05) is 41.1 Å². The molecule has 4 nitrogen and oxygen atoms in total. The van der Waals surface area contributed by atoms with Crippen LogP contribution < -0.4 is 9.80 Å². The van der Waals surface area contributed by atoms with Crippen LogP contribution in [0.15, 0.2) is 48.5 Å². The van der Waals surface area contributed by atoms with Crippen LogP contribution >= 0.6 is 22.9 Å². The van der Waals surface area contributed by atoms with E-state index < -0.39 is 0 Å². The number of thiazole rings is 1. The van der Waals surface area contributed by atoms with E-state index in [0.29, 0.717) is 22.3 Å². The predicted molar refractivity (Wildman–Crippen MR) is 100 cm³/mol. The normalized spacial score (nSPS) is 11.2. The zero-order valence-electron chi connectivity index (χ0n) is 13.6. The van der Waals surface area contributed by atoms with E-state index in [1.807, 2.05) is 48.5 Å². The first-order valence-corrected chi connectivity index (χ1v) is 8.96. The van der Waals surface area contributed by atoms with Gasteiger partial charge in [-0.05, 0) is 30.3 Å². The standard InChI is InChI=1S/C18H18ClN3OS/c1-21(2)10-11-22(17(23)13-6-4-3-5-7-13)18-20-15-9-8-14(19)12-16(15)24-18/h3-9,12H,10-11H2,1-2H3/p+1. The largest absolute Gasteiger partial charge is 0.338 e. The molecule has 0 atom stereocenters. The Labute approximate surface area is 150 Å². The summed E-state index contributed by atoms with van der Waals surface area (Å²) in [7, 11) is 4.15. The molecule has 3 rings (SSSR count). The van der Waals surface area contributed by atoms with E-state index in [1.54, 1.807) is 4.90 Å². The van der Waals surface area contributed by atoms with Crippen molar-refractivity contribution in [1.29, 1.82) is 0 Å². The molecule has 24 heavy (non-hydrogen) atoms. The second-order valence-electron chi connectivity index (χ2n) is 5.89. The van der Waals surface area contributed by atoms with Crippen molar-refractivity contribution in [1.82, 2.24) is 4.98 Å². The number of likely N-dealkylation sites (N-methyl/N-ethyl adjacent to an activating group) is 1. The molecule has 0 radical (unpaired) electrons. The van der Waals surface area contributed by atoms with Gasteiger partial charge in [-0.25, -0.2) is 4.98 Å². The molecule has 2 aromatic carbocycles. The summed E-state index contributed by atoms with van der Waals surface area (Å²) in [6, 6.07) is 14.9. The molecule has 0 spiro atoms. The van der Waals surface area contributed by atoms with Gasteiger partial charge in [-0.2, -0.15) is 0 Å². The highest BCUT2D eigenvalue weighted by molar-refractivity contribution is 7.22. The lowest BCUT2D eigenvalue weighted by Crippen LogP contribution is -3.06. The van der Waals surface area contributed by atoms with Crippen LogP contribution in [0.5, 0.6) is 0 Å². The number of hydrogen-bond acceptors (Lipinski definition) is 3. The lowest BCUT2D eigenvalue weighted by Gasteiger charge is -2.20. The first-order valence-electron chi connectivity index (χ1n) is 7.76. The van der Waals surface area contributed by atoms with E-state index in [1.165, 1.54) is 16.2 Å². The minimum absolute atomic E-state index is 0.0259. The van der Waals surface area contributed by atoms with Gasteiger partial charge >= 0.3 is 0 Å². The Kier molecular flexibility index (Phi) is 5.14. The molecule has 0 aliphatic heterocycles. The third kappa shape index (κ3) is 3.75. The number of nitrogens with zero attached hydrogens (tertiary/aromatic N) is 2. The third-order valence-corrected chi connectivity index (χ3v) is 4.95. The summed E-state index contributed by atoms with van der Waals surface area (Å²) < 4.78 is 0.987. The number of nitrogens with one attached hydrogen (secondary N) is 1. The molecule has 0 fully saturated rings. The third-order valence-electron chi connectivity index (χ3n) is 3.67. The summed E-state index contributed by atoms with van der Waals surface area (Å²) in [6.45, 7) is 1.46. The smallest absolute Gasteiger partial charge is 0.260 e. The Balaban J connectivity index is 1.97. The maximum absolute atomic E-state index is 13.0. The molecule has 0 saturated carbocycles. The van der Waals surface area contributed by atoms with E-state index in [-0.39, 0.29) is 5.91 Å². The van der Waals surface area contributed by atoms with Crippen LogP contribution in [0.2, 0.25) is 5.02 Å². The number of carbonyl (C=O) groups is 1. The van der Waals surface area contributed by atoms with E-state index in [4.69, 9.17) is 11.6 Å². The highest BCUT2D eigenvalue weighted by atomic mass is 35.5. The summed E-state index contributed by atoms with van der Waals surface area (Å²) in [5.41, 5.74) is 1.53. The quantitative estimate of drug-likeness (QED) is 0.759. The first kappa shape index (κ1) is 16.9. The molecule has 0 aliphatic carbocycles. The zero-order chi connectivity index (χ0) is 17.1. The Bertz CT molecular complexity index is 848. The molecule has 1 N–H and O–H groups in total. The lowest BCUT2D eigenvalue weighted by molar-refractivity contribution is -0.856. The maximum atomic E-state index is 13.0. The van der Waals surface area contributed by atoms with Crippen LogP contribution in [0.25, 0.3) is 10.2 Å². The zero-order valence-corrected chi connectivity index (χ0v) is 15.2. The minimum atomic E-state index is -0.0259. The number of carbonyl (C=O) groups excluding carboxylic acids is 1. The number of rotatable bonds is 5. The molecular weight excluding hydrogens is 342 g/mol. The SMILES string of the molecule is C[NH+](C)CCN(C(=O)c1ccccc1)c1nc2ccc(Cl)cc2s1. The van der Waals surface area contributed by atoms with E-state index in [9.17, 15) is 4.79 Å². The summed E-state index contributed by atoms with van der Waals surface area (Å²) in [5.74, 6) is -0.0259. The van der Waals surface area contributed by atoms with Gasteiger partial charge in [0, 0.05) is 10.6 Å². The van der Waals surface area contributed by atoms with Crippen molar-refractivity contribution in [2.24, 2.45) is 0 Å². The van der Waals surface area contributed by atoms with Crippen LogP contribution in [0.4, 0.5) is 5.13 Å². The Morgan fingerprint density at radius 2 is 1.96 bits per heavy atom. The van der Waals surface area contributed by atoms with Crippen molar-refractivity contribution in [3.8, 4) is 0 Å². The Morgan fingerprint density at radius 3 is 2.67 bits per heavy atom. The van der Waals surface area contributed by atoms with Crippen LogP contribution in [-0.4, -0.2) is 38.1 Å². The number of quaternary nitrogens is 1. The molecule has 1 amide bonds. The molecule has 6 heteroatoms.